The number of carbonyl (C=O) groups is 1. The molecule has 2 aromatic heterocycles. The van der Waals surface area contributed by atoms with E-state index in [1.165, 1.54) is 11.3 Å². The van der Waals surface area contributed by atoms with E-state index in [-0.39, 0.29) is 5.56 Å². The number of carboxylic acids is 1. The number of hydrogen-bond acceptors (Lipinski definition) is 3. The van der Waals surface area contributed by atoms with Crippen molar-refractivity contribution in [2.45, 2.75) is 13.8 Å². The van der Waals surface area contributed by atoms with Crippen molar-refractivity contribution in [1.82, 2.24) is 4.98 Å². The number of halogens is 2. The van der Waals surface area contributed by atoms with Crippen LogP contribution in [-0.2, 0) is 0 Å². The highest BCUT2D eigenvalue weighted by molar-refractivity contribution is 7.20. The molecule has 3 aromatic rings. The van der Waals surface area contributed by atoms with E-state index in [1.807, 2.05) is 19.9 Å². The van der Waals surface area contributed by atoms with E-state index in [2.05, 4.69) is 4.98 Å². The molecule has 0 fully saturated rings. The predicted octanol–water partition coefficient (Wildman–Crippen LogP) is 5.59. The molecule has 112 valence electrons. The minimum absolute atomic E-state index is 0.210. The van der Waals surface area contributed by atoms with Crippen molar-refractivity contribution in [3.05, 3.63) is 49.6 Å². The number of nitrogens with zero attached hydrogens (tertiary/aromatic N) is 1. The van der Waals surface area contributed by atoms with Crippen molar-refractivity contribution < 1.29 is 9.90 Å². The molecule has 22 heavy (non-hydrogen) atoms. The summed E-state index contributed by atoms with van der Waals surface area (Å²) in [5.41, 5.74) is 4.07. The van der Waals surface area contributed by atoms with E-state index in [9.17, 15) is 9.90 Å². The molecule has 3 nitrogen and oxygen atoms in total. The van der Waals surface area contributed by atoms with E-state index in [0.717, 1.165) is 11.1 Å². The Morgan fingerprint density at radius 3 is 2.55 bits per heavy atom. The van der Waals surface area contributed by atoms with Crippen LogP contribution in [-0.4, -0.2) is 16.1 Å². The Hall–Kier alpha value is -1.62. The fourth-order valence-corrected chi connectivity index (χ4v) is 3.84. The third-order valence-corrected chi connectivity index (χ3v) is 5.16. The molecule has 0 bridgehead atoms. The molecule has 0 aliphatic carbocycles. The van der Waals surface area contributed by atoms with Gasteiger partial charge in [-0.15, -0.1) is 11.3 Å². The summed E-state index contributed by atoms with van der Waals surface area (Å²) in [5, 5.41) is 10.1. The summed E-state index contributed by atoms with van der Waals surface area (Å²) in [5.74, 6) is -0.991. The number of thiophene rings is 1. The van der Waals surface area contributed by atoms with Gasteiger partial charge in [0.25, 0.3) is 0 Å². The number of aromatic carboxylic acids is 1. The van der Waals surface area contributed by atoms with Crippen molar-refractivity contribution in [2.75, 3.05) is 0 Å². The van der Waals surface area contributed by atoms with Crippen LogP contribution in [0, 0.1) is 13.8 Å². The fourth-order valence-electron chi connectivity index (χ4n) is 2.36. The minimum Gasteiger partial charge on any atom is -0.478 e. The highest BCUT2D eigenvalue weighted by Gasteiger charge is 2.17. The lowest BCUT2D eigenvalue weighted by Crippen LogP contribution is -2.01. The van der Waals surface area contributed by atoms with Gasteiger partial charge in [0.05, 0.1) is 21.1 Å². The Morgan fingerprint density at radius 2 is 1.95 bits per heavy atom. The zero-order chi connectivity index (χ0) is 16.0. The van der Waals surface area contributed by atoms with Crippen LogP contribution in [0.1, 0.15) is 21.5 Å². The summed E-state index contributed by atoms with van der Waals surface area (Å²) < 4.78 is 1.04. The van der Waals surface area contributed by atoms with Gasteiger partial charge in [-0.25, -0.2) is 9.78 Å². The molecule has 0 aliphatic heterocycles. The van der Waals surface area contributed by atoms with Gasteiger partial charge in [-0.1, -0.05) is 35.3 Å². The molecule has 1 aromatic carbocycles. The van der Waals surface area contributed by atoms with Gasteiger partial charge in [0.15, 0.2) is 0 Å². The smallest absolute Gasteiger partial charge is 0.336 e. The lowest BCUT2D eigenvalue weighted by Gasteiger charge is -2.10. The highest BCUT2D eigenvalue weighted by Crippen LogP contribution is 2.38. The number of pyridine rings is 1. The van der Waals surface area contributed by atoms with Crippen LogP contribution < -0.4 is 0 Å². The van der Waals surface area contributed by atoms with Gasteiger partial charge >= 0.3 is 5.97 Å². The Bertz CT molecular complexity index is 918. The van der Waals surface area contributed by atoms with Gasteiger partial charge < -0.3 is 5.11 Å². The van der Waals surface area contributed by atoms with Gasteiger partial charge in [-0.3, -0.25) is 0 Å². The predicted molar refractivity (Wildman–Crippen MR) is 91.5 cm³/mol. The number of rotatable bonds is 2. The summed E-state index contributed by atoms with van der Waals surface area (Å²) in [7, 11) is 0. The van der Waals surface area contributed by atoms with E-state index >= 15 is 0 Å². The second kappa shape index (κ2) is 5.54. The second-order valence-corrected chi connectivity index (χ2v) is 7.29. The first-order valence-corrected chi connectivity index (χ1v) is 8.05. The number of benzene rings is 1. The number of aryl methyl sites for hydroxylation is 2. The van der Waals surface area contributed by atoms with Crippen LogP contribution in [0.25, 0.3) is 22.2 Å². The van der Waals surface area contributed by atoms with Gasteiger partial charge in [-0.05, 0) is 37.1 Å². The Balaban J connectivity index is 2.40. The van der Waals surface area contributed by atoms with Gasteiger partial charge in [0, 0.05) is 10.9 Å². The van der Waals surface area contributed by atoms with Crippen LogP contribution in [0.2, 0.25) is 8.67 Å². The van der Waals surface area contributed by atoms with Gasteiger partial charge in [-0.2, -0.15) is 0 Å². The molecule has 0 amide bonds. The summed E-state index contributed by atoms with van der Waals surface area (Å²) in [6, 6.07) is 6.95. The standard InChI is InChI=1S/C16H11Cl2NO2S/c1-7-3-4-9-10(16(20)21)5-12(19-14(9)8(7)2)11-6-13(17)22-15(11)18/h3-6H,1-2H3,(H,20,21). The maximum Gasteiger partial charge on any atom is 0.336 e. The molecule has 3 rings (SSSR count). The van der Waals surface area contributed by atoms with E-state index in [4.69, 9.17) is 23.2 Å². The normalized spacial score (nSPS) is 11.1. The molecule has 2 heterocycles. The third kappa shape index (κ3) is 2.47. The van der Waals surface area contributed by atoms with Crippen LogP contribution in [0.15, 0.2) is 24.3 Å². The van der Waals surface area contributed by atoms with Crippen molar-refractivity contribution in [1.29, 1.82) is 0 Å². The van der Waals surface area contributed by atoms with Crippen molar-refractivity contribution >= 4 is 51.4 Å². The topological polar surface area (TPSA) is 50.2 Å². The monoisotopic (exact) mass is 351 g/mol. The lowest BCUT2D eigenvalue weighted by molar-refractivity contribution is 0.0699. The molecule has 1 N–H and O–H groups in total. The van der Waals surface area contributed by atoms with Crippen LogP contribution >= 0.6 is 34.5 Å². The van der Waals surface area contributed by atoms with E-state index in [1.54, 1.807) is 18.2 Å². The van der Waals surface area contributed by atoms with Crippen molar-refractivity contribution in [2.24, 2.45) is 0 Å². The highest BCUT2D eigenvalue weighted by atomic mass is 35.5. The zero-order valence-electron chi connectivity index (χ0n) is 11.8. The van der Waals surface area contributed by atoms with Crippen LogP contribution in [0.4, 0.5) is 0 Å². The number of carboxylic acid groups (broad SMARTS) is 1. The van der Waals surface area contributed by atoms with Crippen LogP contribution in [0.3, 0.4) is 0 Å². The fraction of sp³-hybridized carbons (Fsp3) is 0.125. The van der Waals surface area contributed by atoms with Crippen LogP contribution in [0.5, 0.6) is 0 Å². The summed E-state index contributed by atoms with van der Waals surface area (Å²) in [4.78, 5) is 16.2. The molecular weight excluding hydrogens is 341 g/mol. The Kier molecular flexibility index (Phi) is 3.85. The molecule has 0 saturated heterocycles. The first kappa shape index (κ1) is 15.3. The maximum absolute atomic E-state index is 11.6. The Labute approximate surface area is 141 Å². The largest absolute Gasteiger partial charge is 0.478 e. The summed E-state index contributed by atoms with van der Waals surface area (Å²) in [6.07, 6.45) is 0. The minimum atomic E-state index is -0.991. The number of fused-ring (bicyclic) bond motifs is 1. The number of aromatic nitrogens is 1. The lowest BCUT2D eigenvalue weighted by atomic mass is 10.00. The molecule has 0 spiro atoms. The van der Waals surface area contributed by atoms with Crippen molar-refractivity contribution in [3.63, 3.8) is 0 Å². The van der Waals surface area contributed by atoms with Gasteiger partial charge in [0.1, 0.15) is 4.34 Å². The average Bonchev–Trinajstić information content (AvgIpc) is 2.80. The van der Waals surface area contributed by atoms with Crippen molar-refractivity contribution in [3.8, 4) is 11.3 Å². The molecule has 0 atom stereocenters. The molecular formula is C16H11Cl2NO2S. The molecule has 0 aliphatic rings. The Morgan fingerprint density at radius 1 is 1.23 bits per heavy atom. The summed E-state index contributed by atoms with van der Waals surface area (Å²) in [6.45, 7) is 3.90. The first-order valence-electron chi connectivity index (χ1n) is 6.48. The van der Waals surface area contributed by atoms with Gasteiger partial charge in [0.2, 0.25) is 0 Å². The first-order chi connectivity index (χ1) is 10.4. The quantitative estimate of drug-likeness (QED) is 0.654. The second-order valence-electron chi connectivity index (χ2n) is 5.00. The van der Waals surface area contributed by atoms with E-state index < -0.39 is 5.97 Å². The molecule has 0 radical (unpaired) electrons. The molecule has 0 unspecified atom stereocenters. The average molecular weight is 352 g/mol. The number of hydrogen-bond donors (Lipinski definition) is 1. The maximum atomic E-state index is 11.6. The third-order valence-electron chi connectivity index (χ3n) is 3.67. The summed E-state index contributed by atoms with van der Waals surface area (Å²) >= 11 is 13.4. The SMILES string of the molecule is Cc1ccc2c(C(=O)O)cc(-c3cc(Cl)sc3Cl)nc2c1C. The molecule has 0 saturated carbocycles. The zero-order valence-corrected chi connectivity index (χ0v) is 14.1. The van der Waals surface area contributed by atoms with E-state index in [0.29, 0.717) is 30.8 Å². The molecule has 6 heteroatoms.